The van der Waals surface area contributed by atoms with Crippen LogP contribution in [0.25, 0.3) is 0 Å². The van der Waals surface area contributed by atoms with Crippen LogP contribution in [-0.2, 0) is 0 Å². The van der Waals surface area contributed by atoms with Gasteiger partial charge in [-0.2, -0.15) is 0 Å². The predicted octanol–water partition coefficient (Wildman–Crippen LogP) is 4.92. The fourth-order valence-corrected chi connectivity index (χ4v) is 9.66. The first-order chi connectivity index (χ1) is 12.3. The molecule has 124 valence electrons. The normalized spacial score (nSPS) is 19.5. The van der Waals surface area contributed by atoms with E-state index in [2.05, 4.69) is 91.0 Å². The van der Waals surface area contributed by atoms with Crippen molar-refractivity contribution < 1.29 is 0 Å². The molecule has 3 aromatic rings. The lowest BCUT2D eigenvalue weighted by atomic mass is 9.94. The minimum atomic E-state index is -1.98. The molecular weight excluding hydrogens is 316 g/mol. The SMILES string of the molecule is C=C1C(c2ccccc2)CCC[Si]1(c1ccccc1)c1ccccc1. The van der Waals surface area contributed by atoms with E-state index in [0.29, 0.717) is 5.92 Å². The Balaban J connectivity index is 1.88. The molecule has 1 aliphatic heterocycles. The smallest absolute Gasteiger partial charge is 0.102 e. The van der Waals surface area contributed by atoms with E-state index in [1.54, 1.807) is 0 Å². The number of hydrogen-bond acceptors (Lipinski definition) is 0. The van der Waals surface area contributed by atoms with Gasteiger partial charge < -0.3 is 0 Å². The van der Waals surface area contributed by atoms with Gasteiger partial charge in [0.2, 0.25) is 0 Å². The summed E-state index contributed by atoms with van der Waals surface area (Å²) in [5.41, 5.74) is 1.43. The minimum absolute atomic E-state index is 0.474. The number of benzene rings is 3. The molecule has 0 N–H and O–H groups in total. The molecule has 0 saturated carbocycles. The molecule has 0 nitrogen and oxygen atoms in total. The van der Waals surface area contributed by atoms with Crippen LogP contribution in [0.5, 0.6) is 0 Å². The van der Waals surface area contributed by atoms with Gasteiger partial charge in [0.1, 0.15) is 8.07 Å². The van der Waals surface area contributed by atoms with Crippen LogP contribution in [0.3, 0.4) is 0 Å². The average Bonchev–Trinajstić information content (AvgIpc) is 2.70. The lowest BCUT2D eigenvalue weighted by Crippen LogP contribution is -2.62. The van der Waals surface area contributed by atoms with Crippen molar-refractivity contribution in [3.63, 3.8) is 0 Å². The van der Waals surface area contributed by atoms with Crippen LogP contribution in [0.15, 0.2) is 103 Å². The van der Waals surface area contributed by atoms with Gasteiger partial charge in [0.15, 0.2) is 0 Å². The van der Waals surface area contributed by atoms with Gasteiger partial charge in [0.25, 0.3) is 0 Å². The van der Waals surface area contributed by atoms with Crippen molar-refractivity contribution in [2.45, 2.75) is 24.8 Å². The van der Waals surface area contributed by atoms with Gasteiger partial charge in [0, 0.05) is 5.92 Å². The zero-order valence-corrected chi connectivity index (χ0v) is 15.6. The van der Waals surface area contributed by atoms with E-state index in [9.17, 15) is 0 Å². The van der Waals surface area contributed by atoms with E-state index in [0.717, 1.165) is 0 Å². The van der Waals surface area contributed by atoms with Gasteiger partial charge in [-0.3, -0.25) is 0 Å². The maximum atomic E-state index is 4.74. The molecule has 3 aromatic carbocycles. The third kappa shape index (κ3) is 2.79. The van der Waals surface area contributed by atoms with Gasteiger partial charge in [-0.25, -0.2) is 0 Å². The molecule has 1 aliphatic rings. The average molecular weight is 341 g/mol. The van der Waals surface area contributed by atoms with Crippen molar-refractivity contribution in [1.29, 1.82) is 0 Å². The van der Waals surface area contributed by atoms with Crippen LogP contribution in [-0.4, -0.2) is 8.07 Å². The van der Waals surface area contributed by atoms with E-state index in [-0.39, 0.29) is 0 Å². The Bertz CT molecular complexity index is 798. The molecule has 0 spiro atoms. The summed E-state index contributed by atoms with van der Waals surface area (Å²) in [6.07, 6.45) is 2.49. The number of rotatable bonds is 3. The van der Waals surface area contributed by atoms with Crippen LogP contribution < -0.4 is 10.4 Å². The van der Waals surface area contributed by atoms with Gasteiger partial charge in [-0.05, 0) is 28.4 Å². The largest absolute Gasteiger partial charge is 0.144 e. The lowest BCUT2D eigenvalue weighted by molar-refractivity contribution is 0.676. The summed E-state index contributed by atoms with van der Waals surface area (Å²) in [7, 11) is -1.98. The van der Waals surface area contributed by atoms with E-state index >= 15 is 0 Å². The Labute approximate surface area is 151 Å². The van der Waals surface area contributed by atoms with Gasteiger partial charge in [-0.1, -0.05) is 103 Å². The molecule has 0 aromatic heterocycles. The Morgan fingerprint density at radius 3 is 1.68 bits per heavy atom. The summed E-state index contributed by atoms with van der Waals surface area (Å²) in [5, 5.41) is 4.49. The number of hydrogen-bond donors (Lipinski definition) is 0. The van der Waals surface area contributed by atoms with Gasteiger partial charge in [-0.15, -0.1) is 6.58 Å². The molecule has 1 saturated heterocycles. The molecule has 4 rings (SSSR count). The van der Waals surface area contributed by atoms with Crippen LogP contribution in [0, 0.1) is 0 Å². The van der Waals surface area contributed by atoms with Crippen molar-refractivity contribution in [2.75, 3.05) is 0 Å². The molecule has 1 unspecified atom stereocenters. The first-order valence-corrected chi connectivity index (χ1v) is 11.4. The molecule has 0 amide bonds. The molecular formula is C24H24Si. The first-order valence-electron chi connectivity index (χ1n) is 9.17. The zero-order chi connectivity index (χ0) is 17.1. The third-order valence-electron chi connectivity index (χ3n) is 5.75. The molecule has 0 aliphatic carbocycles. The van der Waals surface area contributed by atoms with Gasteiger partial charge >= 0.3 is 0 Å². The minimum Gasteiger partial charge on any atom is -0.102 e. The van der Waals surface area contributed by atoms with Crippen molar-refractivity contribution in [3.05, 3.63) is 108 Å². The highest BCUT2D eigenvalue weighted by atomic mass is 28.3. The second-order valence-corrected chi connectivity index (χ2v) is 11.1. The summed E-state index contributed by atoms with van der Waals surface area (Å²) in [6, 6.07) is 34.6. The van der Waals surface area contributed by atoms with Gasteiger partial charge in [0.05, 0.1) is 0 Å². The molecule has 1 heterocycles. The van der Waals surface area contributed by atoms with E-state index in [1.807, 2.05) is 0 Å². The highest BCUT2D eigenvalue weighted by Gasteiger charge is 2.45. The third-order valence-corrected chi connectivity index (χ3v) is 10.9. The molecule has 0 bridgehead atoms. The summed E-state index contributed by atoms with van der Waals surface area (Å²) in [4.78, 5) is 0. The molecule has 0 radical (unpaired) electrons. The molecule has 25 heavy (non-hydrogen) atoms. The molecule has 1 atom stereocenters. The zero-order valence-electron chi connectivity index (χ0n) is 14.6. The summed E-state index contributed by atoms with van der Waals surface area (Å²) in [6.45, 7) is 4.74. The Morgan fingerprint density at radius 2 is 1.16 bits per heavy atom. The lowest BCUT2D eigenvalue weighted by Gasteiger charge is -2.43. The van der Waals surface area contributed by atoms with E-state index < -0.39 is 8.07 Å². The van der Waals surface area contributed by atoms with Crippen LogP contribution in [0.1, 0.15) is 24.3 Å². The summed E-state index contributed by atoms with van der Waals surface area (Å²) in [5.74, 6) is 0.474. The van der Waals surface area contributed by atoms with Crippen molar-refractivity contribution in [1.82, 2.24) is 0 Å². The topological polar surface area (TPSA) is 0 Å². The standard InChI is InChI=1S/C24H24Si/c1-20-24(21-12-5-2-6-13-21)18-11-19-25(20,22-14-7-3-8-15-22)23-16-9-4-10-17-23/h2-10,12-17,24H,1,11,18-19H2. The maximum Gasteiger partial charge on any atom is 0.144 e. The van der Waals surface area contributed by atoms with Crippen LogP contribution >= 0.6 is 0 Å². The van der Waals surface area contributed by atoms with Crippen LogP contribution in [0.4, 0.5) is 0 Å². The van der Waals surface area contributed by atoms with E-state index in [4.69, 9.17) is 6.58 Å². The quantitative estimate of drug-likeness (QED) is 0.594. The highest BCUT2D eigenvalue weighted by molar-refractivity contribution is 7.07. The van der Waals surface area contributed by atoms with Crippen molar-refractivity contribution >= 4 is 18.4 Å². The van der Waals surface area contributed by atoms with Crippen molar-refractivity contribution in [2.24, 2.45) is 0 Å². The van der Waals surface area contributed by atoms with Crippen molar-refractivity contribution in [3.8, 4) is 0 Å². The summed E-state index contributed by atoms with van der Waals surface area (Å²) >= 11 is 0. The summed E-state index contributed by atoms with van der Waals surface area (Å²) < 4.78 is 0. The van der Waals surface area contributed by atoms with Crippen LogP contribution in [0.2, 0.25) is 6.04 Å². The van der Waals surface area contributed by atoms with E-state index in [1.165, 1.54) is 40.0 Å². The Kier molecular flexibility index (Phi) is 4.41. The fourth-order valence-electron chi connectivity index (χ4n) is 4.53. The maximum absolute atomic E-state index is 4.74. The number of allylic oxidation sites excluding steroid dienone is 1. The molecule has 1 heteroatoms. The second kappa shape index (κ2) is 6.85. The Hall–Kier alpha value is -2.38. The predicted molar refractivity (Wildman–Crippen MR) is 110 cm³/mol. The highest BCUT2D eigenvalue weighted by Crippen LogP contribution is 2.41. The molecule has 1 fully saturated rings. The Morgan fingerprint density at radius 1 is 0.680 bits per heavy atom. The first kappa shape index (κ1) is 16.1. The fraction of sp³-hybridized carbons (Fsp3) is 0.167. The monoisotopic (exact) mass is 340 g/mol. The second-order valence-electron chi connectivity index (χ2n) is 7.02.